The fourth-order valence-electron chi connectivity index (χ4n) is 3.16. The van der Waals surface area contributed by atoms with Gasteiger partial charge in [-0.2, -0.15) is 0 Å². The Bertz CT molecular complexity index is 507. The van der Waals surface area contributed by atoms with Crippen LogP contribution in [0.5, 0.6) is 5.75 Å². The molecule has 0 spiro atoms. The Balaban J connectivity index is 0.00000288. The van der Waals surface area contributed by atoms with Crippen LogP contribution in [0.1, 0.15) is 37.9 Å². The highest BCUT2D eigenvalue weighted by Crippen LogP contribution is 2.25. The van der Waals surface area contributed by atoms with Crippen LogP contribution in [0.4, 0.5) is 0 Å². The molecule has 1 saturated heterocycles. The van der Waals surface area contributed by atoms with E-state index in [1.165, 1.54) is 12.8 Å². The zero-order chi connectivity index (χ0) is 16.7. The number of ether oxygens (including phenoxy) is 1. The summed E-state index contributed by atoms with van der Waals surface area (Å²) >= 11 is 0. The molecule has 0 aliphatic carbocycles. The topological polar surface area (TPSA) is 70.6 Å². The highest BCUT2D eigenvalue weighted by molar-refractivity contribution is 5.85. The van der Waals surface area contributed by atoms with Crippen LogP contribution in [0.2, 0.25) is 0 Å². The predicted molar refractivity (Wildman–Crippen MR) is 97.6 cm³/mol. The van der Waals surface area contributed by atoms with Gasteiger partial charge < -0.3 is 20.5 Å². The van der Waals surface area contributed by atoms with Gasteiger partial charge in [0.2, 0.25) is 5.91 Å². The molecule has 1 aliphatic heterocycles. The Labute approximate surface area is 150 Å². The molecule has 1 heterocycles. The van der Waals surface area contributed by atoms with E-state index in [2.05, 4.69) is 17.6 Å². The van der Waals surface area contributed by atoms with E-state index in [0.717, 1.165) is 13.1 Å². The lowest BCUT2D eigenvalue weighted by Gasteiger charge is -2.28. The molecular formula is C18H29ClN2O3. The number of halogens is 1. The number of piperidine rings is 1. The summed E-state index contributed by atoms with van der Waals surface area (Å²) in [5.41, 5.74) is 0.694. The first-order valence-corrected chi connectivity index (χ1v) is 8.40. The minimum Gasteiger partial charge on any atom is -0.496 e. The number of para-hydroxylation sites is 1. The van der Waals surface area contributed by atoms with E-state index in [-0.39, 0.29) is 24.9 Å². The van der Waals surface area contributed by atoms with Crippen LogP contribution in [0.15, 0.2) is 24.3 Å². The van der Waals surface area contributed by atoms with Crippen molar-refractivity contribution >= 4 is 18.3 Å². The van der Waals surface area contributed by atoms with E-state index in [1.807, 2.05) is 18.2 Å². The molecule has 3 atom stereocenters. The Hall–Kier alpha value is -1.30. The van der Waals surface area contributed by atoms with Gasteiger partial charge in [0.05, 0.1) is 13.2 Å². The molecule has 0 aromatic heterocycles. The SMILES string of the molecule is COc1ccccc1C(O)CNC(=O)CC(C)C1CCCNC1.Cl. The summed E-state index contributed by atoms with van der Waals surface area (Å²) in [6.07, 6.45) is 2.11. The second-order valence-corrected chi connectivity index (χ2v) is 6.35. The van der Waals surface area contributed by atoms with Crippen LogP contribution in [0.25, 0.3) is 0 Å². The lowest BCUT2D eigenvalue weighted by Crippen LogP contribution is -2.36. The number of carbonyl (C=O) groups excluding carboxylic acids is 1. The average Bonchev–Trinajstić information content (AvgIpc) is 2.60. The Morgan fingerprint density at radius 3 is 2.88 bits per heavy atom. The van der Waals surface area contributed by atoms with Crippen LogP contribution in [-0.4, -0.2) is 37.8 Å². The number of benzene rings is 1. The summed E-state index contributed by atoms with van der Waals surface area (Å²) < 4.78 is 5.24. The number of amides is 1. The van der Waals surface area contributed by atoms with Crippen molar-refractivity contribution in [1.29, 1.82) is 0 Å². The average molecular weight is 357 g/mol. The quantitative estimate of drug-likeness (QED) is 0.701. The summed E-state index contributed by atoms with van der Waals surface area (Å²) in [4.78, 5) is 12.1. The summed E-state index contributed by atoms with van der Waals surface area (Å²) in [5, 5.41) is 16.5. The molecule has 0 saturated carbocycles. The maximum Gasteiger partial charge on any atom is 0.220 e. The molecule has 0 radical (unpaired) electrons. The summed E-state index contributed by atoms with van der Waals surface area (Å²) in [6, 6.07) is 7.32. The predicted octanol–water partition coefficient (Wildman–Crippen LogP) is 2.29. The smallest absolute Gasteiger partial charge is 0.220 e. The number of nitrogens with one attached hydrogen (secondary N) is 2. The van der Waals surface area contributed by atoms with Crippen molar-refractivity contribution in [2.24, 2.45) is 11.8 Å². The highest BCUT2D eigenvalue weighted by atomic mass is 35.5. The van der Waals surface area contributed by atoms with Gasteiger partial charge in [0.25, 0.3) is 0 Å². The van der Waals surface area contributed by atoms with Gasteiger partial charge in [-0.15, -0.1) is 12.4 Å². The van der Waals surface area contributed by atoms with Gasteiger partial charge in [-0.05, 0) is 43.8 Å². The number of hydrogen-bond donors (Lipinski definition) is 3. The third-order valence-electron chi connectivity index (χ3n) is 4.64. The van der Waals surface area contributed by atoms with Gasteiger partial charge in [-0.3, -0.25) is 4.79 Å². The second-order valence-electron chi connectivity index (χ2n) is 6.35. The molecule has 136 valence electrons. The molecule has 1 aliphatic rings. The molecule has 1 aromatic rings. The van der Waals surface area contributed by atoms with Crippen LogP contribution < -0.4 is 15.4 Å². The van der Waals surface area contributed by atoms with Crippen molar-refractivity contribution in [3.8, 4) is 5.75 Å². The molecule has 6 heteroatoms. The Morgan fingerprint density at radius 2 is 2.21 bits per heavy atom. The minimum atomic E-state index is -0.762. The minimum absolute atomic E-state index is 0. The number of rotatable bonds is 7. The standard InChI is InChI=1S/C18H28N2O3.ClH/c1-13(14-6-5-9-19-11-14)10-18(22)20-12-16(21)15-7-3-4-8-17(15)23-2;/h3-4,7-8,13-14,16,19,21H,5-6,9-12H2,1-2H3,(H,20,22);1H. The first kappa shape index (κ1) is 20.7. The lowest BCUT2D eigenvalue weighted by atomic mass is 9.85. The van der Waals surface area contributed by atoms with Crippen molar-refractivity contribution in [3.05, 3.63) is 29.8 Å². The number of aliphatic hydroxyl groups is 1. The first-order chi connectivity index (χ1) is 11.1. The summed E-state index contributed by atoms with van der Waals surface area (Å²) in [6.45, 7) is 4.42. The summed E-state index contributed by atoms with van der Waals surface area (Å²) in [5.74, 6) is 1.55. The number of methoxy groups -OCH3 is 1. The lowest BCUT2D eigenvalue weighted by molar-refractivity contribution is -0.122. The maximum absolute atomic E-state index is 12.1. The zero-order valence-corrected chi connectivity index (χ0v) is 15.3. The molecular weight excluding hydrogens is 328 g/mol. The first-order valence-electron chi connectivity index (χ1n) is 8.40. The normalized spacial score (nSPS) is 19.7. The van der Waals surface area contributed by atoms with Crippen LogP contribution in [0.3, 0.4) is 0 Å². The van der Waals surface area contributed by atoms with E-state index in [4.69, 9.17) is 4.74 Å². The molecule has 3 N–H and O–H groups in total. The van der Waals surface area contributed by atoms with Crippen molar-refractivity contribution in [2.45, 2.75) is 32.3 Å². The van der Waals surface area contributed by atoms with Gasteiger partial charge in [0, 0.05) is 18.5 Å². The maximum atomic E-state index is 12.1. The Morgan fingerprint density at radius 1 is 1.46 bits per heavy atom. The third kappa shape index (κ3) is 5.96. The van der Waals surface area contributed by atoms with Gasteiger partial charge in [0.15, 0.2) is 0 Å². The molecule has 5 nitrogen and oxygen atoms in total. The molecule has 1 aromatic carbocycles. The van der Waals surface area contributed by atoms with Crippen molar-refractivity contribution in [3.63, 3.8) is 0 Å². The molecule has 2 rings (SSSR count). The molecule has 1 amide bonds. The van der Waals surface area contributed by atoms with Crippen LogP contribution >= 0.6 is 12.4 Å². The summed E-state index contributed by atoms with van der Waals surface area (Å²) in [7, 11) is 1.57. The molecule has 3 unspecified atom stereocenters. The van der Waals surface area contributed by atoms with Crippen LogP contribution in [0, 0.1) is 11.8 Å². The third-order valence-corrected chi connectivity index (χ3v) is 4.64. The molecule has 1 fully saturated rings. The van der Waals surface area contributed by atoms with E-state index in [9.17, 15) is 9.90 Å². The fraction of sp³-hybridized carbons (Fsp3) is 0.611. The number of hydrogen-bond acceptors (Lipinski definition) is 4. The van der Waals surface area contributed by atoms with E-state index < -0.39 is 6.10 Å². The van der Waals surface area contributed by atoms with Gasteiger partial charge in [-0.25, -0.2) is 0 Å². The van der Waals surface area contributed by atoms with Crippen LogP contribution in [-0.2, 0) is 4.79 Å². The van der Waals surface area contributed by atoms with Gasteiger partial charge in [-0.1, -0.05) is 25.1 Å². The van der Waals surface area contributed by atoms with Gasteiger partial charge >= 0.3 is 0 Å². The van der Waals surface area contributed by atoms with E-state index in [0.29, 0.717) is 29.6 Å². The number of carbonyl (C=O) groups is 1. The largest absolute Gasteiger partial charge is 0.496 e. The van der Waals surface area contributed by atoms with Crippen molar-refractivity contribution in [1.82, 2.24) is 10.6 Å². The second kappa shape index (κ2) is 10.5. The van der Waals surface area contributed by atoms with E-state index >= 15 is 0 Å². The van der Waals surface area contributed by atoms with Gasteiger partial charge in [0.1, 0.15) is 5.75 Å². The molecule has 24 heavy (non-hydrogen) atoms. The fourth-order valence-corrected chi connectivity index (χ4v) is 3.16. The monoisotopic (exact) mass is 356 g/mol. The van der Waals surface area contributed by atoms with Crippen molar-refractivity contribution in [2.75, 3.05) is 26.7 Å². The molecule has 0 bridgehead atoms. The Kier molecular flexibility index (Phi) is 9.11. The van der Waals surface area contributed by atoms with E-state index in [1.54, 1.807) is 13.2 Å². The zero-order valence-electron chi connectivity index (χ0n) is 14.5. The number of aliphatic hydroxyl groups excluding tert-OH is 1. The van der Waals surface area contributed by atoms with Crippen molar-refractivity contribution < 1.29 is 14.6 Å². The highest BCUT2D eigenvalue weighted by Gasteiger charge is 2.22.